The molecule has 1 unspecified atom stereocenters. The van der Waals surface area contributed by atoms with Crippen molar-refractivity contribution in [2.75, 3.05) is 0 Å². The topological polar surface area (TPSA) is 29.5 Å². The number of hydrogen-bond donors (Lipinski definition) is 1. The summed E-state index contributed by atoms with van der Waals surface area (Å²) in [6.07, 6.45) is 0.433. The number of aliphatic hydroxyl groups is 1. The van der Waals surface area contributed by atoms with E-state index in [1.54, 1.807) is 6.92 Å². The second kappa shape index (κ2) is 5.28. The molecule has 0 aliphatic carbocycles. The lowest BCUT2D eigenvalue weighted by molar-refractivity contribution is 0.247. The zero-order chi connectivity index (χ0) is 11.4. The first-order valence-electron chi connectivity index (χ1n) is 4.48. The molecule has 0 aliphatic heterocycles. The summed E-state index contributed by atoms with van der Waals surface area (Å²) in [5.74, 6) is -2.23. The standard InChI is InChI=1S/C10H11ClF2O2/c1-2-9(11)15-10-7(12)3-6(5-14)4-8(10)13/h3-4,9,14H,2,5H2,1H3. The Morgan fingerprint density at radius 1 is 1.40 bits per heavy atom. The van der Waals surface area contributed by atoms with Crippen LogP contribution in [0.25, 0.3) is 0 Å². The highest BCUT2D eigenvalue weighted by Crippen LogP contribution is 2.25. The lowest BCUT2D eigenvalue weighted by atomic mass is 10.2. The highest BCUT2D eigenvalue weighted by Gasteiger charge is 2.15. The molecule has 15 heavy (non-hydrogen) atoms. The lowest BCUT2D eigenvalue weighted by Gasteiger charge is -2.12. The second-order valence-corrected chi connectivity index (χ2v) is 3.47. The summed E-state index contributed by atoms with van der Waals surface area (Å²) in [6, 6.07) is 2.02. The summed E-state index contributed by atoms with van der Waals surface area (Å²) < 4.78 is 31.4. The Kier molecular flexibility index (Phi) is 4.29. The smallest absolute Gasteiger partial charge is 0.192 e. The normalized spacial score (nSPS) is 12.6. The maximum Gasteiger partial charge on any atom is 0.192 e. The minimum absolute atomic E-state index is 0.153. The van der Waals surface area contributed by atoms with E-state index in [1.807, 2.05) is 0 Å². The molecule has 1 aromatic rings. The molecule has 0 aromatic heterocycles. The van der Waals surface area contributed by atoms with Gasteiger partial charge in [0.15, 0.2) is 22.9 Å². The van der Waals surface area contributed by atoms with E-state index in [1.165, 1.54) is 0 Å². The molecule has 1 N–H and O–H groups in total. The third kappa shape index (κ3) is 3.04. The number of alkyl halides is 1. The van der Waals surface area contributed by atoms with Crippen LogP contribution in [0.3, 0.4) is 0 Å². The van der Waals surface area contributed by atoms with Crippen molar-refractivity contribution in [2.24, 2.45) is 0 Å². The van der Waals surface area contributed by atoms with E-state index in [2.05, 4.69) is 0 Å². The maximum atomic E-state index is 13.3. The fourth-order valence-electron chi connectivity index (χ4n) is 1.03. The van der Waals surface area contributed by atoms with Crippen molar-refractivity contribution in [1.82, 2.24) is 0 Å². The molecule has 2 nitrogen and oxygen atoms in total. The zero-order valence-corrected chi connectivity index (χ0v) is 8.89. The van der Waals surface area contributed by atoms with Gasteiger partial charge in [-0.15, -0.1) is 0 Å². The minimum Gasteiger partial charge on any atom is -0.469 e. The van der Waals surface area contributed by atoms with Crippen LogP contribution in [0.1, 0.15) is 18.9 Å². The Labute approximate surface area is 91.4 Å². The van der Waals surface area contributed by atoms with E-state index in [0.29, 0.717) is 6.42 Å². The van der Waals surface area contributed by atoms with Crippen molar-refractivity contribution in [3.05, 3.63) is 29.3 Å². The minimum atomic E-state index is -0.863. The van der Waals surface area contributed by atoms with Crippen molar-refractivity contribution < 1.29 is 18.6 Å². The first kappa shape index (κ1) is 12.2. The van der Waals surface area contributed by atoms with Crippen LogP contribution in [0.2, 0.25) is 0 Å². The molecular formula is C10H11ClF2O2. The molecule has 0 saturated heterocycles. The predicted molar refractivity (Wildman–Crippen MR) is 52.8 cm³/mol. The van der Waals surface area contributed by atoms with E-state index in [9.17, 15) is 8.78 Å². The van der Waals surface area contributed by atoms with Crippen LogP contribution in [-0.2, 0) is 6.61 Å². The zero-order valence-electron chi connectivity index (χ0n) is 8.14. The predicted octanol–water partition coefficient (Wildman–Crippen LogP) is 2.81. The molecule has 84 valence electrons. The Hall–Kier alpha value is -0.870. The van der Waals surface area contributed by atoms with Gasteiger partial charge < -0.3 is 9.84 Å². The SMILES string of the molecule is CCC(Cl)Oc1c(F)cc(CO)cc1F. The van der Waals surface area contributed by atoms with Crippen LogP contribution >= 0.6 is 11.6 Å². The molecule has 0 radical (unpaired) electrons. The summed E-state index contributed by atoms with van der Waals surface area (Å²) in [6.45, 7) is 1.31. The molecule has 1 aromatic carbocycles. The van der Waals surface area contributed by atoms with E-state index in [0.717, 1.165) is 12.1 Å². The largest absolute Gasteiger partial charge is 0.469 e. The molecule has 0 spiro atoms. The van der Waals surface area contributed by atoms with E-state index in [-0.39, 0.29) is 5.56 Å². The lowest BCUT2D eigenvalue weighted by Crippen LogP contribution is -2.09. The molecule has 0 bridgehead atoms. The van der Waals surface area contributed by atoms with Crippen LogP contribution in [-0.4, -0.2) is 10.7 Å². The fraction of sp³-hybridized carbons (Fsp3) is 0.400. The van der Waals surface area contributed by atoms with Crippen molar-refractivity contribution in [2.45, 2.75) is 25.5 Å². The van der Waals surface area contributed by atoms with E-state index >= 15 is 0 Å². The van der Waals surface area contributed by atoms with Gasteiger partial charge in [0.2, 0.25) is 0 Å². The monoisotopic (exact) mass is 236 g/mol. The average molecular weight is 237 g/mol. The van der Waals surface area contributed by atoms with Crippen molar-refractivity contribution >= 4 is 11.6 Å². The molecular weight excluding hydrogens is 226 g/mol. The molecule has 0 saturated carbocycles. The van der Waals surface area contributed by atoms with Crippen LogP contribution < -0.4 is 4.74 Å². The van der Waals surface area contributed by atoms with Crippen LogP contribution in [0.5, 0.6) is 5.75 Å². The Morgan fingerprint density at radius 2 is 1.93 bits per heavy atom. The number of ether oxygens (including phenoxy) is 1. The quantitative estimate of drug-likeness (QED) is 0.815. The number of benzene rings is 1. The molecule has 1 rings (SSSR count). The molecule has 5 heteroatoms. The Balaban J connectivity index is 2.98. The molecule has 0 heterocycles. The highest BCUT2D eigenvalue weighted by molar-refractivity contribution is 6.19. The summed E-state index contributed by atoms with van der Waals surface area (Å²) >= 11 is 5.61. The summed E-state index contributed by atoms with van der Waals surface area (Å²) in [5, 5.41) is 8.71. The average Bonchev–Trinajstić information content (AvgIpc) is 2.22. The summed E-state index contributed by atoms with van der Waals surface area (Å²) in [7, 11) is 0. The first-order chi connectivity index (χ1) is 7.08. The van der Waals surface area contributed by atoms with Gasteiger partial charge in [-0.3, -0.25) is 0 Å². The summed E-state index contributed by atoms with van der Waals surface area (Å²) in [5.41, 5.74) is -0.617. The third-order valence-electron chi connectivity index (χ3n) is 1.81. The van der Waals surface area contributed by atoms with E-state index < -0.39 is 29.6 Å². The van der Waals surface area contributed by atoms with Gasteiger partial charge in [-0.1, -0.05) is 18.5 Å². The van der Waals surface area contributed by atoms with Gasteiger partial charge in [0.1, 0.15) is 0 Å². The Morgan fingerprint density at radius 3 is 2.33 bits per heavy atom. The number of aliphatic hydroxyl groups excluding tert-OH is 1. The number of rotatable bonds is 4. The number of halogens is 3. The van der Waals surface area contributed by atoms with Gasteiger partial charge in [0.05, 0.1) is 6.61 Å². The van der Waals surface area contributed by atoms with Crippen LogP contribution in [0, 0.1) is 11.6 Å². The van der Waals surface area contributed by atoms with Gasteiger partial charge in [-0.05, 0) is 24.1 Å². The van der Waals surface area contributed by atoms with Gasteiger partial charge in [0, 0.05) is 0 Å². The van der Waals surface area contributed by atoms with Gasteiger partial charge >= 0.3 is 0 Å². The maximum absolute atomic E-state index is 13.3. The molecule has 0 amide bonds. The second-order valence-electron chi connectivity index (χ2n) is 2.98. The molecule has 1 atom stereocenters. The van der Waals surface area contributed by atoms with Crippen molar-refractivity contribution in [3.63, 3.8) is 0 Å². The summed E-state index contributed by atoms with van der Waals surface area (Å²) in [4.78, 5) is 0. The van der Waals surface area contributed by atoms with Gasteiger partial charge in [-0.25, -0.2) is 8.78 Å². The van der Waals surface area contributed by atoms with E-state index in [4.69, 9.17) is 21.4 Å². The van der Waals surface area contributed by atoms with Crippen molar-refractivity contribution in [3.8, 4) is 5.75 Å². The first-order valence-corrected chi connectivity index (χ1v) is 4.91. The van der Waals surface area contributed by atoms with Crippen molar-refractivity contribution in [1.29, 1.82) is 0 Å². The van der Waals surface area contributed by atoms with Crippen LogP contribution in [0.15, 0.2) is 12.1 Å². The number of hydrogen-bond acceptors (Lipinski definition) is 2. The Bertz CT molecular complexity index is 321. The van der Waals surface area contributed by atoms with Crippen LogP contribution in [0.4, 0.5) is 8.78 Å². The highest BCUT2D eigenvalue weighted by atomic mass is 35.5. The van der Waals surface area contributed by atoms with Gasteiger partial charge in [0.25, 0.3) is 0 Å². The molecule has 0 aliphatic rings. The van der Waals surface area contributed by atoms with Gasteiger partial charge in [-0.2, -0.15) is 0 Å². The molecule has 0 fully saturated rings. The fourth-order valence-corrected chi connectivity index (χ4v) is 1.12. The third-order valence-corrected chi connectivity index (χ3v) is 2.21.